The Morgan fingerprint density at radius 3 is 2.78 bits per heavy atom. The molecular weight excluding hydrogens is 227 g/mol. The SMILES string of the molecule is CC(C)(C)NCC(F)c1cccc2cnccc12. The summed E-state index contributed by atoms with van der Waals surface area (Å²) in [4.78, 5) is 4.06. The van der Waals surface area contributed by atoms with Gasteiger partial charge in [-0.3, -0.25) is 4.98 Å². The van der Waals surface area contributed by atoms with E-state index in [-0.39, 0.29) is 5.54 Å². The van der Waals surface area contributed by atoms with Crippen molar-refractivity contribution in [1.29, 1.82) is 0 Å². The minimum atomic E-state index is -1.00. The number of nitrogens with zero attached hydrogens (tertiary/aromatic N) is 1. The smallest absolute Gasteiger partial charge is 0.138 e. The first-order valence-corrected chi connectivity index (χ1v) is 6.19. The lowest BCUT2D eigenvalue weighted by atomic mass is 10.0. The van der Waals surface area contributed by atoms with Crippen LogP contribution in [0, 0.1) is 0 Å². The molecule has 1 atom stereocenters. The van der Waals surface area contributed by atoms with Crippen molar-refractivity contribution in [1.82, 2.24) is 10.3 Å². The van der Waals surface area contributed by atoms with Crippen molar-refractivity contribution in [2.75, 3.05) is 6.54 Å². The highest BCUT2D eigenvalue weighted by Gasteiger charge is 2.16. The third-order valence-electron chi connectivity index (χ3n) is 2.86. The Balaban J connectivity index is 2.25. The van der Waals surface area contributed by atoms with E-state index in [4.69, 9.17) is 0 Å². The molecule has 18 heavy (non-hydrogen) atoms. The molecule has 2 rings (SSSR count). The monoisotopic (exact) mass is 246 g/mol. The lowest BCUT2D eigenvalue weighted by Crippen LogP contribution is -2.37. The minimum absolute atomic E-state index is 0.0729. The molecule has 96 valence electrons. The quantitative estimate of drug-likeness (QED) is 0.894. The number of nitrogens with one attached hydrogen (secondary N) is 1. The molecule has 0 radical (unpaired) electrons. The van der Waals surface area contributed by atoms with Crippen LogP contribution in [0.15, 0.2) is 36.7 Å². The highest BCUT2D eigenvalue weighted by molar-refractivity contribution is 5.85. The maximum absolute atomic E-state index is 14.3. The fourth-order valence-corrected chi connectivity index (χ4v) is 1.93. The van der Waals surface area contributed by atoms with E-state index in [1.807, 2.05) is 45.0 Å². The number of benzene rings is 1. The highest BCUT2D eigenvalue weighted by Crippen LogP contribution is 2.26. The Morgan fingerprint density at radius 1 is 1.28 bits per heavy atom. The molecule has 1 aromatic heterocycles. The van der Waals surface area contributed by atoms with Gasteiger partial charge in [0, 0.05) is 29.9 Å². The van der Waals surface area contributed by atoms with Gasteiger partial charge in [0.05, 0.1) is 0 Å². The molecule has 0 fully saturated rings. The zero-order valence-corrected chi connectivity index (χ0v) is 11.1. The fraction of sp³-hybridized carbons (Fsp3) is 0.400. The third-order valence-corrected chi connectivity index (χ3v) is 2.86. The van der Waals surface area contributed by atoms with Gasteiger partial charge in [-0.1, -0.05) is 18.2 Å². The molecule has 1 unspecified atom stereocenters. The second kappa shape index (κ2) is 5.02. The van der Waals surface area contributed by atoms with E-state index in [1.54, 1.807) is 12.4 Å². The number of aromatic nitrogens is 1. The summed E-state index contributed by atoms with van der Waals surface area (Å²) in [6.45, 7) is 6.43. The second-order valence-corrected chi connectivity index (χ2v) is 5.54. The van der Waals surface area contributed by atoms with Crippen LogP contribution in [0.5, 0.6) is 0 Å². The van der Waals surface area contributed by atoms with Crippen LogP contribution >= 0.6 is 0 Å². The molecule has 0 saturated carbocycles. The molecule has 0 spiro atoms. The molecule has 3 heteroatoms. The first-order valence-electron chi connectivity index (χ1n) is 6.19. The number of hydrogen-bond donors (Lipinski definition) is 1. The summed E-state index contributed by atoms with van der Waals surface area (Å²) in [7, 11) is 0. The predicted molar refractivity (Wildman–Crippen MR) is 73.3 cm³/mol. The van der Waals surface area contributed by atoms with Gasteiger partial charge in [-0.15, -0.1) is 0 Å². The van der Waals surface area contributed by atoms with E-state index in [2.05, 4.69) is 10.3 Å². The fourth-order valence-electron chi connectivity index (χ4n) is 1.93. The maximum atomic E-state index is 14.3. The summed E-state index contributed by atoms with van der Waals surface area (Å²) >= 11 is 0. The number of fused-ring (bicyclic) bond motifs is 1. The van der Waals surface area contributed by atoms with E-state index in [9.17, 15) is 4.39 Å². The van der Waals surface area contributed by atoms with Gasteiger partial charge in [0.1, 0.15) is 6.17 Å². The Hall–Kier alpha value is -1.48. The standard InChI is InChI=1S/C15H19FN2/c1-15(2,3)18-10-14(16)13-6-4-5-11-9-17-8-7-12(11)13/h4-9,14,18H,10H2,1-3H3. The van der Waals surface area contributed by atoms with Crippen LogP contribution in [0.1, 0.15) is 32.5 Å². The van der Waals surface area contributed by atoms with E-state index in [1.165, 1.54) is 0 Å². The first kappa shape index (κ1) is 13.0. The van der Waals surface area contributed by atoms with Gasteiger partial charge in [-0.25, -0.2) is 4.39 Å². The topological polar surface area (TPSA) is 24.9 Å². The van der Waals surface area contributed by atoms with Gasteiger partial charge in [0.25, 0.3) is 0 Å². The van der Waals surface area contributed by atoms with Gasteiger partial charge in [0.15, 0.2) is 0 Å². The first-order chi connectivity index (χ1) is 8.47. The van der Waals surface area contributed by atoms with Crippen molar-refractivity contribution >= 4 is 10.8 Å². The van der Waals surface area contributed by atoms with Crippen molar-refractivity contribution < 1.29 is 4.39 Å². The highest BCUT2D eigenvalue weighted by atomic mass is 19.1. The number of pyridine rings is 1. The van der Waals surface area contributed by atoms with Gasteiger partial charge in [-0.05, 0) is 37.8 Å². The number of rotatable bonds is 3. The van der Waals surface area contributed by atoms with Crippen LogP contribution in [0.4, 0.5) is 4.39 Å². The molecule has 2 aromatic rings. The van der Waals surface area contributed by atoms with E-state index >= 15 is 0 Å². The summed E-state index contributed by atoms with van der Waals surface area (Å²) in [6, 6.07) is 7.55. The van der Waals surface area contributed by atoms with Crippen molar-refractivity contribution in [2.24, 2.45) is 0 Å². The molecular formula is C15H19FN2. The zero-order chi connectivity index (χ0) is 13.2. The Morgan fingerprint density at radius 2 is 2.06 bits per heavy atom. The average Bonchev–Trinajstić information content (AvgIpc) is 2.34. The Labute approximate surface area is 107 Å². The molecule has 0 bridgehead atoms. The van der Waals surface area contributed by atoms with E-state index in [0.717, 1.165) is 16.3 Å². The normalized spacial score (nSPS) is 13.8. The Bertz CT molecular complexity index is 526. The maximum Gasteiger partial charge on any atom is 0.138 e. The zero-order valence-electron chi connectivity index (χ0n) is 11.1. The van der Waals surface area contributed by atoms with Crippen molar-refractivity contribution in [2.45, 2.75) is 32.5 Å². The summed E-state index contributed by atoms with van der Waals surface area (Å²) in [5.41, 5.74) is 0.655. The van der Waals surface area contributed by atoms with E-state index < -0.39 is 6.17 Å². The molecule has 0 aliphatic heterocycles. The molecule has 0 amide bonds. The predicted octanol–water partition coefficient (Wildman–Crippen LogP) is 3.63. The summed E-state index contributed by atoms with van der Waals surface area (Å²) in [5, 5.41) is 5.11. The molecule has 1 heterocycles. The number of hydrogen-bond acceptors (Lipinski definition) is 2. The Kier molecular flexibility index (Phi) is 3.62. The largest absolute Gasteiger partial charge is 0.309 e. The molecule has 1 aromatic carbocycles. The number of halogens is 1. The van der Waals surface area contributed by atoms with Crippen LogP contribution in [0.2, 0.25) is 0 Å². The summed E-state index contributed by atoms with van der Waals surface area (Å²) < 4.78 is 14.3. The van der Waals surface area contributed by atoms with Crippen LogP contribution < -0.4 is 5.32 Å². The van der Waals surface area contributed by atoms with Gasteiger partial charge in [0.2, 0.25) is 0 Å². The van der Waals surface area contributed by atoms with Crippen LogP contribution in [0.3, 0.4) is 0 Å². The molecule has 0 aliphatic rings. The lowest BCUT2D eigenvalue weighted by molar-refractivity contribution is 0.293. The van der Waals surface area contributed by atoms with Crippen LogP contribution in [-0.2, 0) is 0 Å². The van der Waals surface area contributed by atoms with Crippen molar-refractivity contribution in [3.8, 4) is 0 Å². The van der Waals surface area contributed by atoms with Gasteiger partial charge in [-0.2, -0.15) is 0 Å². The molecule has 2 nitrogen and oxygen atoms in total. The average molecular weight is 246 g/mol. The van der Waals surface area contributed by atoms with Crippen LogP contribution in [-0.4, -0.2) is 17.1 Å². The molecule has 0 saturated heterocycles. The molecule has 0 aliphatic carbocycles. The van der Waals surface area contributed by atoms with Crippen molar-refractivity contribution in [3.63, 3.8) is 0 Å². The minimum Gasteiger partial charge on any atom is -0.309 e. The summed E-state index contributed by atoms with van der Waals surface area (Å²) in [5.74, 6) is 0. The van der Waals surface area contributed by atoms with Crippen LogP contribution in [0.25, 0.3) is 10.8 Å². The lowest BCUT2D eigenvalue weighted by Gasteiger charge is -2.22. The third kappa shape index (κ3) is 3.05. The second-order valence-electron chi connectivity index (χ2n) is 5.54. The molecule has 1 N–H and O–H groups in total. The van der Waals surface area contributed by atoms with Gasteiger partial charge < -0.3 is 5.32 Å². The summed E-state index contributed by atoms with van der Waals surface area (Å²) in [6.07, 6.45) is 2.47. The van der Waals surface area contributed by atoms with Crippen molar-refractivity contribution in [3.05, 3.63) is 42.2 Å². The van der Waals surface area contributed by atoms with Gasteiger partial charge >= 0.3 is 0 Å². The van der Waals surface area contributed by atoms with E-state index in [0.29, 0.717) is 6.54 Å². The number of alkyl halides is 1.